The van der Waals surface area contributed by atoms with Crippen LogP contribution in [-0.4, -0.2) is 42.4 Å². The summed E-state index contributed by atoms with van der Waals surface area (Å²) in [7, 11) is 0. The van der Waals surface area contributed by atoms with Gasteiger partial charge >= 0.3 is 35.8 Å². The largest absolute Gasteiger partial charge is 0.463 e. The highest BCUT2D eigenvalue weighted by molar-refractivity contribution is 5.83. The van der Waals surface area contributed by atoms with Crippen LogP contribution >= 0.6 is 0 Å². The predicted molar refractivity (Wildman–Crippen MR) is 59.7 cm³/mol. The normalized spacial score (nSPS) is 14.7. The summed E-state index contributed by atoms with van der Waals surface area (Å²) in [4.78, 5) is 12.4. The van der Waals surface area contributed by atoms with Gasteiger partial charge in [-0.2, -0.15) is 48.3 Å². The molecule has 0 saturated carbocycles. The third-order valence-corrected chi connectivity index (χ3v) is 2.55. The summed E-state index contributed by atoms with van der Waals surface area (Å²) in [5.74, 6) is -31.3. The van der Waals surface area contributed by atoms with Crippen LogP contribution in [0.3, 0.4) is 0 Å². The Balaban J connectivity index is 6.45. The highest BCUT2D eigenvalue weighted by Gasteiger charge is 2.87. The number of allylic oxidation sites excluding steroid dienone is 1. The summed E-state index contributed by atoms with van der Waals surface area (Å²) >= 11 is 0. The van der Waals surface area contributed by atoms with Crippen molar-refractivity contribution in [2.24, 2.45) is 5.11 Å². The number of halogens is 11. The fourth-order valence-electron chi connectivity index (χ4n) is 1.26. The van der Waals surface area contributed by atoms with Crippen LogP contribution in [0.25, 0.3) is 10.4 Å². The molecule has 0 aliphatic carbocycles. The van der Waals surface area contributed by atoms with E-state index in [1.165, 1.54) is 4.91 Å². The molecule has 0 rings (SSSR count). The maximum atomic E-state index is 13.6. The van der Waals surface area contributed by atoms with Crippen molar-refractivity contribution in [1.29, 1.82) is 0 Å². The van der Waals surface area contributed by atoms with Gasteiger partial charge < -0.3 is 4.74 Å². The van der Waals surface area contributed by atoms with Gasteiger partial charge in [0, 0.05) is 11.0 Å². The summed E-state index contributed by atoms with van der Waals surface area (Å²) in [5, 5.41) is 1.79. The first-order valence-corrected chi connectivity index (χ1v) is 5.93. The van der Waals surface area contributed by atoms with E-state index in [2.05, 4.69) is 4.74 Å². The molecule has 5 nitrogen and oxygen atoms in total. The number of carbonyl (C=O) groups is 1. The molecule has 0 heterocycles. The Morgan fingerprint density at radius 2 is 1.42 bits per heavy atom. The lowest BCUT2D eigenvalue weighted by atomic mass is 9.96. The van der Waals surface area contributed by atoms with Gasteiger partial charge in [0.05, 0.1) is 12.3 Å². The molecule has 150 valence electrons. The highest BCUT2D eigenvalue weighted by atomic mass is 19.4. The maximum absolute atomic E-state index is 13.6. The predicted octanol–water partition coefficient (Wildman–Crippen LogP) is 4.85. The van der Waals surface area contributed by atoms with Crippen LogP contribution in [0.1, 0.15) is 6.92 Å². The maximum Gasteiger partial charge on any atom is 0.460 e. The second kappa shape index (κ2) is 7.17. The molecule has 16 heteroatoms. The molecule has 0 aromatic heterocycles. The fourth-order valence-corrected chi connectivity index (χ4v) is 1.26. The Kier molecular flexibility index (Phi) is 6.55. The van der Waals surface area contributed by atoms with Crippen molar-refractivity contribution < 1.29 is 57.8 Å². The molecular formula is C10H6F11N3O2. The molecule has 0 amide bonds. The average molecular weight is 409 g/mol. The van der Waals surface area contributed by atoms with Crippen LogP contribution in [0.5, 0.6) is 0 Å². The van der Waals surface area contributed by atoms with E-state index in [-0.39, 0.29) is 0 Å². The number of nitrogens with zero attached hydrogens (tertiary/aromatic N) is 3. The van der Waals surface area contributed by atoms with Gasteiger partial charge in [-0.3, -0.25) is 0 Å². The second-order valence-electron chi connectivity index (χ2n) is 4.27. The lowest BCUT2D eigenvalue weighted by molar-refractivity contribution is -0.418. The first-order chi connectivity index (χ1) is 11.4. The van der Waals surface area contributed by atoms with Crippen molar-refractivity contribution in [2.75, 3.05) is 6.61 Å². The van der Waals surface area contributed by atoms with Crippen LogP contribution in [-0.2, 0) is 9.53 Å². The number of ether oxygens (including phenoxy) is 1. The standard InChI is InChI=1S/C10H6F11N3O2/c1-2-26-5(25)3-4(23-24-22)6(11,12)7(13,14)8(15,16)9(17,18)10(19,20)21/h3H,2H2,1H3/b4-3+. The third kappa shape index (κ3) is 3.78. The van der Waals surface area contributed by atoms with E-state index in [1.54, 1.807) is 5.11 Å². The third-order valence-electron chi connectivity index (χ3n) is 2.55. The van der Waals surface area contributed by atoms with Gasteiger partial charge in [-0.05, 0) is 12.5 Å². The van der Waals surface area contributed by atoms with Crippen molar-refractivity contribution in [3.05, 3.63) is 22.2 Å². The summed E-state index contributed by atoms with van der Waals surface area (Å²) in [6.45, 7) is 0.507. The molecule has 0 aliphatic heterocycles. The van der Waals surface area contributed by atoms with E-state index in [0.29, 0.717) is 0 Å². The molecule has 0 fully saturated rings. The number of hydrogen-bond acceptors (Lipinski definition) is 3. The zero-order valence-corrected chi connectivity index (χ0v) is 12.1. The van der Waals surface area contributed by atoms with Crippen LogP contribution in [0.2, 0.25) is 0 Å². The van der Waals surface area contributed by atoms with E-state index in [1.807, 2.05) is 0 Å². The fraction of sp³-hybridized carbons (Fsp3) is 0.700. The van der Waals surface area contributed by atoms with Crippen molar-refractivity contribution in [2.45, 2.75) is 36.8 Å². The number of alkyl halides is 11. The molecule has 0 aliphatic rings. The monoisotopic (exact) mass is 409 g/mol. The number of hydrogen-bond donors (Lipinski definition) is 0. The van der Waals surface area contributed by atoms with Crippen molar-refractivity contribution in [3.63, 3.8) is 0 Å². The minimum Gasteiger partial charge on any atom is -0.463 e. The molecule has 0 aromatic rings. The molecule has 0 N–H and O–H groups in total. The molecular weight excluding hydrogens is 403 g/mol. The van der Waals surface area contributed by atoms with Gasteiger partial charge in [-0.15, -0.1) is 0 Å². The molecule has 0 aromatic carbocycles. The molecule has 0 unspecified atom stereocenters. The van der Waals surface area contributed by atoms with Crippen molar-refractivity contribution in [1.82, 2.24) is 0 Å². The van der Waals surface area contributed by atoms with Crippen molar-refractivity contribution >= 4 is 5.97 Å². The Labute approximate surface area is 136 Å². The zero-order chi connectivity index (χ0) is 21.2. The smallest absolute Gasteiger partial charge is 0.460 e. The van der Waals surface area contributed by atoms with E-state index in [4.69, 9.17) is 5.53 Å². The molecule has 0 radical (unpaired) electrons. The average Bonchev–Trinajstić information content (AvgIpc) is 2.45. The van der Waals surface area contributed by atoms with Gasteiger partial charge in [-0.25, -0.2) is 4.79 Å². The van der Waals surface area contributed by atoms with Gasteiger partial charge in [0.15, 0.2) is 0 Å². The van der Waals surface area contributed by atoms with E-state index < -0.39 is 54.2 Å². The molecule has 0 saturated heterocycles. The van der Waals surface area contributed by atoms with Gasteiger partial charge in [0.25, 0.3) is 0 Å². The van der Waals surface area contributed by atoms with E-state index in [0.717, 1.165) is 6.92 Å². The Morgan fingerprint density at radius 1 is 0.962 bits per heavy atom. The molecule has 26 heavy (non-hydrogen) atoms. The van der Waals surface area contributed by atoms with Crippen LogP contribution in [0.4, 0.5) is 48.3 Å². The molecule has 0 atom stereocenters. The summed E-state index contributed by atoms with van der Waals surface area (Å²) in [6.07, 6.45) is -8.08. The second-order valence-corrected chi connectivity index (χ2v) is 4.27. The topological polar surface area (TPSA) is 75.1 Å². The highest BCUT2D eigenvalue weighted by Crippen LogP contribution is 2.58. The first kappa shape index (κ1) is 23.8. The molecule has 0 bridgehead atoms. The zero-order valence-electron chi connectivity index (χ0n) is 12.1. The Morgan fingerprint density at radius 3 is 1.77 bits per heavy atom. The van der Waals surface area contributed by atoms with Crippen LogP contribution in [0.15, 0.2) is 16.9 Å². The van der Waals surface area contributed by atoms with Crippen LogP contribution < -0.4 is 0 Å². The van der Waals surface area contributed by atoms with Gasteiger partial charge in [-0.1, -0.05) is 5.11 Å². The lowest BCUT2D eigenvalue weighted by Crippen LogP contribution is -2.66. The summed E-state index contributed by atoms with van der Waals surface area (Å²) < 4.78 is 145. The Hall–Kier alpha value is -2.25. The van der Waals surface area contributed by atoms with Gasteiger partial charge in [0.1, 0.15) is 0 Å². The quantitative estimate of drug-likeness (QED) is 0.151. The number of esters is 1. The van der Waals surface area contributed by atoms with Crippen molar-refractivity contribution in [3.8, 4) is 0 Å². The number of azide groups is 1. The summed E-state index contributed by atoms with van der Waals surface area (Å²) in [5.41, 5.74) is 5.11. The van der Waals surface area contributed by atoms with Crippen LogP contribution in [0, 0.1) is 0 Å². The minimum absolute atomic E-state index is 0.566. The first-order valence-electron chi connectivity index (χ1n) is 5.93. The number of rotatable bonds is 7. The minimum atomic E-state index is -7.69. The van der Waals surface area contributed by atoms with Gasteiger partial charge in [0.2, 0.25) is 0 Å². The van der Waals surface area contributed by atoms with E-state index >= 15 is 0 Å². The lowest BCUT2D eigenvalue weighted by Gasteiger charge is -2.37. The van der Waals surface area contributed by atoms with E-state index in [9.17, 15) is 53.1 Å². The SMILES string of the molecule is CCOC(=O)/C=C(/N=[N+]=[N-])C(F)(F)C(F)(F)C(F)(F)C(F)(F)C(F)(F)F. The number of carbonyl (C=O) groups excluding carboxylic acids is 1. The molecule has 0 spiro atoms. The summed E-state index contributed by atoms with van der Waals surface area (Å²) in [6, 6.07) is 0. The Bertz CT molecular complexity index is 620.